The van der Waals surface area contributed by atoms with E-state index in [0.29, 0.717) is 28.4 Å². The van der Waals surface area contributed by atoms with Crippen molar-refractivity contribution in [3.63, 3.8) is 0 Å². The Hall–Kier alpha value is -1.51. The lowest BCUT2D eigenvalue weighted by Crippen LogP contribution is -2.23. The zero-order valence-electron chi connectivity index (χ0n) is 17.4. The molecule has 2 aliphatic rings. The molecule has 1 aliphatic carbocycles. The molecule has 8 heteroatoms. The van der Waals surface area contributed by atoms with Gasteiger partial charge in [0.15, 0.2) is 0 Å². The highest BCUT2D eigenvalue weighted by atomic mass is 79.9. The fourth-order valence-corrected chi connectivity index (χ4v) is 5.58. The highest BCUT2D eigenvalue weighted by Gasteiger charge is 2.33. The molecular weight excluding hydrogens is 468 g/mol. The Labute approximate surface area is 189 Å². The molecule has 162 valence electrons. The summed E-state index contributed by atoms with van der Waals surface area (Å²) in [6.45, 7) is 5.69. The van der Waals surface area contributed by atoms with Crippen molar-refractivity contribution in [1.82, 2.24) is 8.87 Å². The second-order valence-electron chi connectivity index (χ2n) is 7.80. The standard InChI is InChI=1S/C22H27BrN2O4S/c1-3-28-22(27)21-16-11-20(29-14(2)26)17(23)12-18(16)25(15-7-8-15)19(21)13-30-24-9-5-4-6-10-24/h11-12,15H,3-10,13H2,1-2H3. The first-order chi connectivity index (χ1) is 14.5. The number of nitrogens with zero attached hydrogens (tertiary/aromatic N) is 2. The first-order valence-corrected chi connectivity index (χ1v) is 12.3. The molecule has 0 amide bonds. The second kappa shape index (κ2) is 9.32. The molecule has 2 heterocycles. The first-order valence-electron chi connectivity index (χ1n) is 10.6. The predicted molar refractivity (Wildman–Crippen MR) is 122 cm³/mol. The van der Waals surface area contributed by atoms with Crippen LogP contribution in [0.3, 0.4) is 0 Å². The molecule has 1 saturated carbocycles. The third-order valence-corrected chi connectivity index (χ3v) is 7.26. The Morgan fingerprint density at radius 2 is 1.93 bits per heavy atom. The third kappa shape index (κ3) is 4.55. The van der Waals surface area contributed by atoms with Crippen molar-refractivity contribution < 1.29 is 19.1 Å². The Morgan fingerprint density at radius 3 is 2.57 bits per heavy atom. The average Bonchev–Trinajstić information content (AvgIpc) is 3.50. The molecule has 1 aromatic heterocycles. The van der Waals surface area contributed by atoms with Crippen LogP contribution in [0.2, 0.25) is 0 Å². The van der Waals surface area contributed by atoms with E-state index in [1.807, 2.05) is 13.0 Å². The van der Waals surface area contributed by atoms with Crippen molar-refractivity contribution in [1.29, 1.82) is 0 Å². The number of fused-ring (bicyclic) bond motifs is 1. The quantitative estimate of drug-likeness (QED) is 0.288. The van der Waals surface area contributed by atoms with Gasteiger partial charge in [0.1, 0.15) is 5.75 Å². The molecule has 30 heavy (non-hydrogen) atoms. The van der Waals surface area contributed by atoms with Gasteiger partial charge in [0.2, 0.25) is 0 Å². The second-order valence-corrected chi connectivity index (χ2v) is 9.72. The minimum Gasteiger partial charge on any atom is -0.462 e. The number of rotatable bonds is 7. The van der Waals surface area contributed by atoms with E-state index in [1.54, 1.807) is 18.0 Å². The summed E-state index contributed by atoms with van der Waals surface area (Å²) in [6.07, 6.45) is 5.96. The number of halogens is 1. The summed E-state index contributed by atoms with van der Waals surface area (Å²) in [7, 11) is 0. The van der Waals surface area contributed by atoms with Crippen LogP contribution in [0.25, 0.3) is 10.9 Å². The van der Waals surface area contributed by atoms with Crippen LogP contribution >= 0.6 is 27.9 Å². The number of carbonyl (C=O) groups is 2. The number of carbonyl (C=O) groups excluding carboxylic acids is 2. The number of aromatic nitrogens is 1. The topological polar surface area (TPSA) is 60.8 Å². The summed E-state index contributed by atoms with van der Waals surface area (Å²) >= 11 is 5.33. The molecular formula is C22H27BrN2O4S. The lowest BCUT2D eigenvalue weighted by atomic mass is 10.1. The molecule has 1 saturated heterocycles. The Morgan fingerprint density at radius 1 is 1.20 bits per heavy atom. The number of hydrogen-bond donors (Lipinski definition) is 0. The van der Waals surface area contributed by atoms with Gasteiger partial charge in [0, 0.05) is 42.9 Å². The number of ether oxygens (including phenoxy) is 2. The predicted octanol–water partition coefficient (Wildman–Crippen LogP) is 5.47. The van der Waals surface area contributed by atoms with Crippen molar-refractivity contribution >= 4 is 50.7 Å². The molecule has 0 radical (unpaired) electrons. The van der Waals surface area contributed by atoms with Crippen LogP contribution in [0.1, 0.15) is 68.0 Å². The Kier molecular flexibility index (Phi) is 6.75. The van der Waals surface area contributed by atoms with Crippen LogP contribution < -0.4 is 4.74 Å². The highest BCUT2D eigenvalue weighted by molar-refractivity contribution is 9.10. The van der Waals surface area contributed by atoms with E-state index in [4.69, 9.17) is 9.47 Å². The molecule has 1 aromatic carbocycles. The van der Waals surface area contributed by atoms with Crippen LogP contribution in [-0.2, 0) is 15.3 Å². The molecule has 2 fully saturated rings. The maximum Gasteiger partial charge on any atom is 0.340 e. The monoisotopic (exact) mass is 494 g/mol. The lowest BCUT2D eigenvalue weighted by Gasteiger charge is -2.25. The van der Waals surface area contributed by atoms with Gasteiger partial charge in [0.25, 0.3) is 0 Å². The summed E-state index contributed by atoms with van der Waals surface area (Å²) < 4.78 is 16.2. The number of hydrogen-bond acceptors (Lipinski definition) is 6. The molecule has 4 rings (SSSR count). The van der Waals surface area contributed by atoms with Gasteiger partial charge in [-0.25, -0.2) is 4.79 Å². The van der Waals surface area contributed by atoms with Crippen LogP contribution in [-0.4, -0.2) is 40.5 Å². The fraction of sp³-hybridized carbons (Fsp3) is 0.545. The van der Waals surface area contributed by atoms with Crippen LogP contribution in [0, 0.1) is 0 Å². The summed E-state index contributed by atoms with van der Waals surface area (Å²) in [5.41, 5.74) is 2.59. The van der Waals surface area contributed by atoms with E-state index in [-0.39, 0.29) is 5.97 Å². The molecule has 2 aromatic rings. The van der Waals surface area contributed by atoms with Crippen LogP contribution in [0.5, 0.6) is 5.75 Å². The van der Waals surface area contributed by atoms with E-state index < -0.39 is 5.97 Å². The number of benzene rings is 1. The Balaban J connectivity index is 1.81. The van der Waals surface area contributed by atoms with E-state index in [9.17, 15) is 9.59 Å². The summed E-state index contributed by atoms with van der Waals surface area (Å²) in [5.74, 6) is 0.436. The van der Waals surface area contributed by atoms with Crippen LogP contribution in [0.4, 0.5) is 0 Å². The maximum atomic E-state index is 13.0. The maximum absolute atomic E-state index is 13.0. The molecule has 1 aliphatic heterocycles. The van der Waals surface area contributed by atoms with Gasteiger partial charge in [-0.3, -0.25) is 9.10 Å². The van der Waals surface area contributed by atoms with Gasteiger partial charge in [0.05, 0.1) is 22.2 Å². The molecule has 0 bridgehead atoms. The molecule has 0 unspecified atom stereocenters. The van der Waals surface area contributed by atoms with Gasteiger partial charge in [-0.2, -0.15) is 0 Å². The zero-order chi connectivity index (χ0) is 21.3. The largest absolute Gasteiger partial charge is 0.462 e. The molecule has 0 atom stereocenters. The van der Waals surface area contributed by atoms with Gasteiger partial charge in [-0.05, 0) is 60.7 Å². The van der Waals surface area contributed by atoms with Crippen molar-refractivity contribution in [3.05, 3.63) is 27.9 Å². The number of piperidine rings is 1. The van der Waals surface area contributed by atoms with Gasteiger partial charge < -0.3 is 14.0 Å². The fourth-order valence-electron chi connectivity index (χ4n) is 4.07. The van der Waals surface area contributed by atoms with Gasteiger partial charge in [-0.15, -0.1) is 0 Å². The van der Waals surface area contributed by atoms with Gasteiger partial charge >= 0.3 is 11.9 Å². The summed E-state index contributed by atoms with van der Waals surface area (Å²) in [5, 5.41) is 0.786. The SMILES string of the molecule is CCOC(=O)c1c(CSN2CCCCC2)n(C2CC2)c2cc(Br)c(OC(C)=O)cc12. The van der Waals surface area contributed by atoms with E-state index in [2.05, 4.69) is 24.8 Å². The van der Waals surface area contributed by atoms with Crippen molar-refractivity contribution in [3.8, 4) is 5.75 Å². The minimum atomic E-state index is -0.393. The normalized spacial score (nSPS) is 17.3. The van der Waals surface area contributed by atoms with E-state index in [0.717, 1.165) is 48.3 Å². The third-order valence-electron chi connectivity index (χ3n) is 5.50. The van der Waals surface area contributed by atoms with Crippen LogP contribution in [0.15, 0.2) is 16.6 Å². The zero-order valence-corrected chi connectivity index (χ0v) is 19.8. The van der Waals surface area contributed by atoms with Crippen molar-refractivity contribution in [2.24, 2.45) is 0 Å². The molecule has 6 nitrogen and oxygen atoms in total. The average molecular weight is 495 g/mol. The smallest absolute Gasteiger partial charge is 0.340 e. The minimum absolute atomic E-state index is 0.313. The molecule has 0 N–H and O–H groups in total. The Bertz CT molecular complexity index is 964. The lowest BCUT2D eigenvalue weighted by molar-refractivity contribution is -0.131. The summed E-state index contributed by atoms with van der Waals surface area (Å²) in [6, 6.07) is 4.16. The molecule has 0 spiro atoms. The van der Waals surface area contributed by atoms with Crippen molar-refractivity contribution in [2.75, 3.05) is 19.7 Å². The van der Waals surface area contributed by atoms with E-state index >= 15 is 0 Å². The summed E-state index contributed by atoms with van der Waals surface area (Å²) in [4.78, 5) is 24.6. The highest BCUT2D eigenvalue weighted by Crippen LogP contribution is 2.45. The number of esters is 2. The first kappa shape index (κ1) is 21.7. The van der Waals surface area contributed by atoms with Gasteiger partial charge in [-0.1, -0.05) is 18.4 Å². The van der Waals surface area contributed by atoms with Crippen molar-refractivity contribution in [2.45, 2.75) is 57.7 Å². The van der Waals surface area contributed by atoms with E-state index in [1.165, 1.54) is 26.2 Å².